The molecule has 1 aromatic carbocycles. The lowest BCUT2D eigenvalue weighted by molar-refractivity contribution is 0.456. The third-order valence-electron chi connectivity index (χ3n) is 1.99. The van der Waals surface area contributed by atoms with Crippen molar-refractivity contribution in [2.24, 2.45) is 0 Å². The molecule has 1 rings (SSSR count). The van der Waals surface area contributed by atoms with Crippen LogP contribution in [0.15, 0.2) is 16.6 Å². The highest BCUT2D eigenvalue weighted by Crippen LogP contribution is 2.36. The summed E-state index contributed by atoms with van der Waals surface area (Å²) in [4.78, 5) is 0. The largest absolute Gasteiger partial charge is 0.508 e. The Morgan fingerprint density at radius 1 is 1.50 bits per heavy atom. The second-order valence-electron chi connectivity index (χ2n) is 3.52. The third kappa shape index (κ3) is 2.02. The van der Waals surface area contributed by atoms with Crippen LogP contribution in [0.25, 0.3) is 0 Å². The van der Waals surface area contributed by atoms with Crippen molar-refractivity contribution >= 4 is 27.5 Å². The van der Waals surface area contributed by atoms with E-state index < -0.39 is 5.41 Å². The Morgan fingerprint density at radius 3 is 2.57 bits per heavy atom. The lowest BCUT2D eigenvalue weighted by atomic mass is 9.86. The smallest absolute Gasteiger partial charge is 0.121 e. The average molecular weight is 275 g/mol. The first kappa shape index (κ1) is 11.4. The lowest BCUT2D eigenvalue weighted by Crippen LogP contribution is -2.14. The number of halogens is 2. The molecule has 0 heterocycles. The highest BCUT2D eigenvalue weighted by atomic mass is 79.9. The molecule has 14 heavy (non-hydrogen) atoms. The maximum Gasteiger partial charge on any atom is 0.121 e. The van der Waals surface area contributed by atoms with Gasteiger partial charge in [-0.2, -0.15) is 5.26 Å². The van der Waals surface area contributed by atoms with E-state index in [1.165, 1.54) is 6.07 Å². The lowest BCUT2D eigenvalue weighted by Gasteiger charge is -2.17. The molecule has 0 aromatic heterocycles. The average Bonchev–Trinajstić information content (AvgIpc) is 2.11. The van der Waals surface area contributed by atoms with E-state index >= 15 is 0 Å². The summed E-state index contributed by atoms with van der Waals surface area (Å²) < 4.78 is 0.620. The van der Waals surface area contributed by atoms with E-state index in [9.17, 15) is 5.11 Å². The SMILES string of the molecule is CC(C)(C#N)c1cc(Cl)c(Br)cc1O. The number of hydrogen-bond acceptors (Lipinski definition) is 2. The summed E-state index contributed by atoms with van der Waals surface area (Å²) in [6.07, 6.45) is 0. The normalized spacial score (nSPS) is 11.1. The molecule has 1 N–H and O–H groups in total. The van der Waals surface area contributed by atoms with Crippen LogP contribution >= 0.6 is 27.5 Å². The molecule has 0 aliphatic rings. The van der Waals surface area contributed by atoms with Gasteiger partial charge in [0.25, 0.3) is 0 Å². The molecule has 0 spiro atoms. The molecule has 4 heteroatoms. The Hall–Kier alpha value is -0.720. The minimum Gasteiger partial charge on any atom is -0.508 e. The Bertz CT molecular complexity index is 409. The molecule has 0 radical (unpaired) electrons. The fraction of sp³-hybridized carbons (Fsp3) is 0.300. The van der Waals surface area contributed by atoms with Gasteiger partial charge in [0, 0.05) is 10.0 Å². The van der Waals surface area contributed by atoms with Gasteiger partial charge in [-0.15, -0.1) is 0 Å². The van der Waals surface area contributed by atoms with Gasteiger partial charge >= 0.3 is 0 Å². The predicted molar refractivity (Wildman–Crippen MR) is 59.5 cm³/mol. The van der Waals surface area contributed by atoms with E-state index in [0.717, 1.165) is 0 Å². The molecule has 0 amide bonds. The van der Waals surface area contributed by atoms with E-state index in [4.69, 9.17) is 16.9 Å². The highest BCUT2D eigenvalue weighted by molar-refractivity contribution is 9.10. The summed E-state index contributed by atoms with van der Waals surface area (Å²) in [6.45, 7) is 3.46. The molecule has 0 atom stereocenters. The molecule has 0 bridgehead atoms. The van der Waals surface area contributed by atoms with Crippen LogP contribution in [-0.2, 0) is 5.41 Å². The Labute approximate surface area is 96.2 Å². The maximum absolute atomic E-state index is 9.64. The quantitative estimate of drug-likeness (QED) is 0.850. The van der Waals surface area contributed by atoms with Gasteiger partial charge in [0.15, 0.2) is 0 Å². The molecule has 1 aromatic rings. The van der Waals surface area contributed by atoms with Crippen molar-refractivity contribution in [1.82, 2.24) is 0 Å². The van der Waals surface area contributed by atoms with Crippen molar-refractivity contribution in [1.29, 1.82) is 5.26 Å². The number of aromatic hydroxyl groups is 1. The molecule has 0 saturated carbocycles. The Kier molecular flexibility index (Phi) is 3.08. The van der Waals surface area contributed by atoms with Crippen LogP contribution in [0, 0.1) is 11.3 Å². The van der Waals surface area contributed by atoms with E-state index in [2.05, 4.69) is 22.0 Å². The van der Waals surface area contributed by atoms with Gasteiger partial charge in [0.1, 0.15) is 5.75 Å². The van der Waals surface area contributed by atoms with Crippen molar-refractivity contribution in [2.75, 3.05) is 0 Å². The minimum absolute atomic E-state index is 0.0767. The molecule has 0 unspecified atom stereocenters. The molecule has 0 fully saturated rings. The van der Waals surface area contributed by atoms with Crippen LogP contribution in [-0.4, -0.2) is 5.11 Å². The number of rotatable bonds is 1. The molecule has 74 valence electrons. The first-order valence-corrected chi connectivity index (χ1v) is 5.15. The van der Waals surface area contributed by atoms with Crippen molar-refractivity contribution in [2.45, 2.75) is 19.3 Å². The van der Waals surface area contributed by atoms with Crippen LogP contribution in [0.4, 0.5) is 0 Å². The van der Waals surface area contributed by atoms with Gasteiger partial charge < -0.3 is 5.11 Å². The second kappa shape index (κ2) is 3.80. The number of benzene rings is 1. The molecular formula is C10H9BrClNO. The molecule has 0 aliphatic carbocycles. The highest BCUT2D eigenvalue weighted by Gasteiger charge is 2.24. The maximum atomic E-state index is 9.64. The molecule has 0 saturated heterocycles. The van der Waals surface area contributed by atoms with Crippen molar-refractivity contribution < 1.29 is 5.11 Å². The third-order valence-corrected chi connectivity index (χ3v) is 3.19. The zero-order valence-corrected chi connectivity index (χ0v) is 10.1. The second-order valence-corrected chi connectivity index (χ2v) is 4.78. The Morgan fingerprint density at radius 2 is 2.07 bits per heavy atom. The van der Waals surface area contributed by atoms with Gasteiger partial charge in [0.2, 0.25) is 0 Å². The van der Waals surface area contributed by atoms with Crippen LogP contribution in [0.5, 0.6) is 5.75 Å². The molecule has 2 nitrogen and oxygen atoms in total. The number of phenolic OH excluding ortho intramolecular Hbond substituents is 1. The summed E-state index contributed by atoms with van der Waals surface area (Å²) in [5, 5.41) is 19.0. The molecule has 0 aliphatic heterocycles. The minimum atomic E-state index is -0.742. The number of phenols is 1. The summed E-state index contributed by atoms with van der Waals surface area (Å²) >= 11 is 9.08. The van der Waals surface area contributed by atoms with Gasteiger partial charge in [-0.3, -0.25) is 0 Å². The zero-order chi connectivity index (χ0) is 10.9. The van der Waals surface area contributed by atoms with Gasteiger partial charge in [-0.25, -0.2) is 0 Å². The van der Waals surface area contributed by atoms with Crippen LogP contribution in [0.2, 0.25) is 5.02 Å². The van der Waals surface area contributed by atoms with Gasteiger partial charge in [0.05, 0.1) is 16.5 Å². The predicted octanol–water partition coefficient (Wildman–Crippen LogP) is 3.61. The number of nitriles is 1. The summed E-state index contributed by atoms with van der Waals surface area (Å²) in [7, 11) is 0. The summed E-state index contributed by atoms with van der Waals surface area (Å²) in [5.74, 6) is 0.0767. The Balaban J connectivity index is 3.38. The fourth-order valence-corrected chi connectivity index (χ4v) is 1.59. The van der Waals surface area contributed by atoms with Crippen LogP contribution < -0.4 is 0 Å². The number of hydrogen-bond donors (Lipinski definition) is 1. The van der Waals surface area contributed by atoms with E-state index in [0.29, 0.717) is 15.1 Å². The van der Waals surface area contributed by atoms with Crippen LogP contribution in [0.3, 0.4) is 0 Å². The van der Waals surface area contributed by atoms with Crippen molar-refractivity contribution in [3.8, 4) is 11.8 Å². The number of nitrogens with zero attached hydrogens (tertiary/aromatic N) is 1. The topological polar surface area (TPSA) is 44.0 Å². The van der Waals surface area contributed by atoms with E-state index in [-0.39, 0.29) is 5.75 Å². The van der Waals surface area contributed by atoms with Crippen molar-refractivity contribution in [3.63, 3.8) is 0 Å². The van der Waals surface area contributed by atoms with Gasteiger partial charge in [-0.05, 0) is 41.9 Å². The first-order valence-electron chi connectivity index (χ1n) is 3.98. The first-order chi connectivity index (χ1) is 6.38. The zero-order valence-electron chi connectivity index (χ0n) is 7.81. The van der Waals surface area contributed by atoms with E-state index in [1.54, 1.807) is 19.9 Å². The summed E-state index contributed by atoms with van der Waals surface area (Å²) in [5.41, 5.74) is -0.206. The van der Waals surface area contributed by atoms with E-state index in [1.807, 2.05) is 0 Å². The standard InChI is InChI=1S/C10H9BrClNO/c1-10(2,5-13)6-3-8(12)7(11)4-9(6)14/h3-4,14H,1-2H3. The monoisotopic (exact) mass is 273 g/mol. The van der Waals surface area contributed by atoms with Gasteiger partial charge in [-0.1, -0.05) is 11.6 Å². The summed E-state index contributed by atoms with van der Waals surface area (Å²) in [6, 6.07) is 5.21. The fourth-order valence-electron chi connectivity index (χ4n) is 1.10. The van der Waals surface area contributed by atoms with Crippen LogP contribution in [0.1, 0.15) is 19.4 Å². The molecular weight excluding hydrogens is 265 g/mol. The van der Waals surface area contributed by atoms with Crippen molar-refractivity contribution in [3.05, 3.63) is 27.2 Å².